The fourth-order valence-corrected chi connectivity index (χ4v) is 4.93. The molecular formula is C27H28N4O6S. The molecule has 1 aromatic carbocycles. The largest absolute Gasteiger partial charge is 0.497 e. The molecule has 38 heavy (non-hydrogen) atoms. The van der Waals surface area contributed by atoms with E-state index < -0.39 is 24.0 Å². The third-order valence-corrected chi connectivity index (χ3v) is 7.13. The third-order valence-electron chi connectivity index (χ3n) is 6.27. The summed E-state index contributed by atoms with van der Waals surface area (Å²) in [5.41, 5.74) is 1.17. The Morgan fingerprint density at radius 3 is 2.47 bits per heavy atom. The van der Waals surface area contributed by atoms with E-state index in [1.165, 1.54) is 34.4 Å². The lowest BCUT2D eigenvalue weighted by Crippen LogP contribution is -2.63. The molecule has 1 saturated heterocycles. The van der Waals surface area contributed by atoms with Gasteiger partial charge in [-0.25, -0.2) is 4.79 Å². The minimum atomic E-state index is -1.01. The van der Waals surface area contributed by atoms with Crippen LogP contribution < -0.4 is 10.1 Å². The van der Waals surface area contributed by atoms with Crippen molar-refractivity contribution in [1.29, 1.82) is 0 Å². The normalized spacial score (nSPS) is 15.9. The molecule has 2 unspecified atom stereocenters. The van der Waals surface area contributed by atoms with Gasteiger partial charge in [0.05, 0.1) is 31.2 Å². The second kappa shape index (κ2) is 12.3. The zero-order valence-corrected chi connectivity index (χ0v) is 21.8. The maximum Gasteiger partial charge on any atom is 0.328 e. The number of nitrogens with one attached hydrogen (secondary N) is 1. The Kier molecular flexibility index (Phi) is 8.70. The molecule has 3 heterocycles. The lowest BCUT2D eigenvalue weighted by molar-refractivity contribution is -0.145. The summed E-state index contributed by atoms with van der Waals surface area (Å²) in [5, 5.41) is 4.54. The number of pyridine rings is 1. The molecular weight excluding hydrogens is 508 g/mol. The van der Waals surface area contributed by atoms with Crippen molar-refractivity contribution in [3.05, 3.63) is 82.3 Å². The molecule has 1 aliphatic heterocycles. The molecule has 3 amide bonds. The maximum atomic E-state index is 13.6. The molecule has 11 heteroatoms. The average molecular weight is 537 g/mol. The number of ether oxygens (including phenoxy) is 2. The molecule has 0 aliphatic carbocycles. The number of amides is 3. The number of carbonyl (C=O) groups is 4. The molecule has 1 aliphatic rings. The predicted molar refractivity (Wildman–Crippen MR) is 140 cm³/mol. The zero-order valence-electron chi connectivity index (χ0n) is 21.0. The van der Waals surface area contributed by atoms with Crippen molar-refractivity contribution in [1.82, 2.24) is 20.1 Å². The standard InChI is InChI=1S/C27H28N4O6S/c1-36-20-9-7-18(8-10-20)15-21(27(35)37-2)29-24(32)22-17-30(25(33)19-5-3-11-28-16-19)12-13-31(22)26(34)23-6-4-14-38-23/h3-11,14,16,21-22H,12-13,15,17H2,1-2H3,(H,29,32). The molecule has 10 nitrogen and oxygen atoms in total. The van der Waals surface area contributed by atoms with E-state index in [9.17, 15) is 19.2 Å². The summed E-state index contributed by atoms with van der Waals surface area (Å²) in [6.07, 6.45) is 3.20. The molecule has 0 bridgehead atoms. The summed E-state index contributed by atoms with van der Waals surface area (Å²) >= 11 is 1.27. The van der Waals surface area contributed by atoms with Gasteiger partial charge in [0.15, 0.2) is 0 Å². The van der Waals surface area contributed by atoms with E-state index in [0.29, 0.717) is 16.2 Å². The SMILES string of the molecule is COC(=O)C(Cc1ccc(OC)cc1)NC(=O)C1CN(C(=O)c2cccnc2)CCN1C(=O)c1cccs1. The molecule has 0 saturated carbocycles. The van der Waals surface area contributed by atoms with Crippen molar-refractivity contribution < 1.29 is 28.7 Å². The summed E-state index contributed by atoms with van der Waals surface area (Å²) in [6.45, 7) is 0.371. The van der Waals surface area contributed by atoms with Crippen LogP contribution in [0.15, 0.2) is 66.3 Å². The number of thiophene rings is 1. The van der Waals surface area contributed by atoms with Crippen LogP contribution in [-0.4, -0.2) is 84.4 Å². The summed E-state index contributed by atoms with van der Waals surface area (Å²) in [7, 11) is 2.80. The van der Waals surface area contributed by atoms with Crippen LogP contribution in [0.3, 0.4) is 0 Å². The van der Waals surface area contributed by atoms with Gasteiger partial charge in [-0.05, 0) is 41.3 Å². The van der Waals surface area contributed by atoms with Crippen LogP contribution in [-0.2, 0) is 20.7 Å². The van der Waals surface area contributed by atoms with E-state index in [1.807, 2.05) is 0 Å². The molecule has 1 fully saturated rings. The predicted octanol–water partition coefficient (Wildman–Crippen LogP) is 2.02. The quantitative estimate of drug-likeness (QED) is 0.438. The fourth-order valence-electron chi connectivity index (χ4n) is 4.25. The molecule has 198 valence electrons. The number of methoxy groups -OCH3 is 2. The van der Waals surface area contributed by atoms with Gasteiger partial charge < -0.3 is 24.6 Å². The molecule has 4 rings (SSSR count). The molecule has 2 atom stereocenters. The Bertz CT molecular complexity index is 1270. The Hall–Kier alpha value is -4.25. The van der Waals surface area contributed by atoms with Crippen molar-refractivity contribution in [3.8, 4) is 5.75 Å². The van der Waals surface area contributed by atoms with E-state index in [2.05, 4.69) is 10.3 Å². The van der Waals surface area contributed by atoms with E-state index >= 15 is 0 Å². The molecule has 0 spiro atoms. The first-order valence-corrected chi connectivity index (χ1v) is 12.8. The summed E-state index contributed by atoms with van der Waals surface area (Å²) in [6, 6.07) is 11.9. The number of esters is 1. The number of piperazine rings is 1. The number of nitrogens with zero attached hydrogens (tertiary/aromatic N) is 3. The van der Waals surface area contributed by atoms with E-state index in [4.69, 9.17) is 9.47 Å². The van der Waals surface area contributed by atoms with Crippen LogP contribution in [0.4, 0.5) is 0 Å². The van der Waals surface area contributed by atoms with Crippen LogP contribution >= 0.6 is 11.3 Å². The van der Waals surface area contributed by atoms with Crippen molar-refractivity contribution in [2.45, 2.75) is 18.5 Å². The van der Waals surface area contributed by atoms with Crippen LogP contribution in [0.5, 0.6) is 5.75 Å². The van der Waals surface area contributed by atoms with Crippen LogP contribution in [0.1, 0.15) is 25.6 Å². The second-order valence-corrected chi connectivity index (χ2v) is 9.57. The Balaban J connectivity index is 1.56. The van der Waals surface area contributed by atoms with Gasteiger partial charge in [-0.3, -0.25) is 19.4 Å². The number of carbonyl (C=O) groups excluding carboxylic acids is 4. The smallest absolute Gasteiger partial charge is 0.328 e. The Morgan fingerprint density at radius 2 is 1.84 bits per heavy atom. The number of hydrogen-bond donors (Lipinski definition) is 1. The lowest BCUT2D eigenvalue weighted by atomic mass is 10.0. The molecule has 0 radical (unpaired) electrons. The Labute approximate surface area is 224 Å². The topological polar surface area (TPSA) is 118 Å². The first-order chi connectivity index (χ1) is 18.4. The van der Waals surface area contributed by atoms with Gasteiger partial charge in [0.25, 0.3) is 11.8 Å². The van der Waals surface area contributed by atoms with Crippen molar-refractivity contribution >= 4 is 35.0 Å². The van der Waals surface area contributed by atoms with Crippen LogP contribution in [0.2, 0.25) is 0 Å². The first-order valence-electron chi connectivity index (χ1n) is 12.0. The van der Waals surface area contributed by atoms with Gasteiger partial charge in [-0.2, -0.15) is 0 Å². The third kappa shape index (κ3) is 6.17. The zero-order chi connectivity index (χ0) is 27.1. The van der Waals surface area contributed by atoms with E-state index in [1.54, 1.807) is 67.2 Å². The van der Waals surface area contributed by atoms with Crippen LogP contribution in [0, 0.1) is 0 Å². The number of rotatable bonds is 8. The number of benzene rings is 1. The highest BCUT2D eigenvalue weighted by Crippen LogP contribution is 2.20. The minimum Gasteiger partial charge on any atom is -0.497 e. The summed E-state index contributed by atoms with van der Waals surface area (Å²) < 4.78 is 10.1. The summed E-state index contributed by atoms with van der Waals surface area (Å²) in [5.74, 6) is -1.11. The highest BCUT2D eigenvalue weighted by atomic mass is 32.1. The second-order valence-electron chi connectivity index (χ2n) is 8.62. The van der Waals surface area contributed by atoms with Crippen LogP contribution in [0.25, 0.3) is 0 Å². The highest BCUT2D eigenvalue weighted by Gasteiger charge is 2.39. The lowest BCUT2D eigenvalue weighted by Gasteiger charge is -2.40. The maximum absolute atomic E-state index is 13.6. The van der Waals surface area contributed by atoms with Gasteiger partial charge in [0, 0.05) is 31.9 Å². The number of aromatic nitrogens is 1. The highest BCUT2D eigenvalue weighted by molar-refractivity contribution is 7.12. The molecule has 1 N–H and O–H groups in total. The van der Waals surface area contributed by atoms with Crippen molar-refractivity contribution in [2.24, 2.45) is 0 Å². The van der Waals surface area contributed by atoms with Crippen molar-refractivity contribution in [2.75, 3.05) is 33.9 Å². The minimum absolute atomic E-state index is 0.0346. The van der Waals surface area contributed by atoms with E-state index in [-0.39, 0.29) is 37.9 Å². The first kappa shape index (κ1) is 26.8. The molecule has 2 aromatic heterocycles. The van der Waals surface area contributed by atoms with Gasteiger partial charge in [-0.1, -0.05) is 18.2 Å². The van der Waals surface area contributed by atoms with Crippen molar-refractivity contribution in [3.63, 3.8) is 0 Å². The monoisotopic (exact) mass is 536 g/mol. The molecule has 3 aromatic rings. The van der Waals surface area contributed by atoms with Gasteiger partial charge >= 0.3 is 5.97 Å². The van der Waals surface area contributed by atoms with Gasteiger partial charge in [-0.15, -0.1) is 11.3 Å². The van der Waals surface area contributed by atoms with Gasteiger partial charge in [0.1, 0.15) is 17.8 Å². The number of hydrogen-bond acceptors (Lipinski definition) is 8. The van der Waals surface area contributed by atoms with Gasteiger partial charge in [0.2, 0.25) is 5.91 Å². The van der Waals surface area contributed by atoms with E-state index in [0.717, 1.165) is 5.56 Å². The Morgan fingerprint density at radius 1 is 1.05 bits per heavy atom. The summed E-state index contributed by atoms with van der Waals surface area (Å²) in [4.78, 5) is 60.1. The average Bonchev–Trinajstić information content (AvgIpc) is 3.51. The fraction of sp³-hybridized carbons (Fsp3) is 0.296.